The Labute approximate surface area is 114 Å². The number of hydrogen-bond donors (Lipinski definition) is 1. The minimum Gasteiger partial charge on any atom is -0.375 e. The summed E-state index contributed by atoms with van der Waals surface area (Å²) in [6, 6.07) is 6.12. The largest absolute Gasteiger partial charge is 0.375 e. The molecule has 3 nitrogen and oxygen atoms in total. The van der Waals surface area contributed by atoms with Crippen LogP contribution in [0.4, 0.5) is 5.13 Å². The molecule has 2 N–H and O–H groups in total. The number of fused-ring (bicyclic) bond motifs is 1. The Bertz CT molecular complexity index is 702. The van der Waals surface area contributed by atoms with Gasteiger partial charge < -0.3 is 5.73 Å². The Morgan fingerprint density at radius 3 is 2.76 bits per heavy atom. The fourth-order valence-corrected chi connectivity index (χ4v) is 3.87. The van der Waals surface area contributed by atoms with Crippen LogP contribution < -0.4 is 5.73 Å². The molecule has 3 rings (SSSR count). The molecule has 0 bridgehead atoms. The number of nitrogens with two attached hydrogens (primary N) is 1. The van der Waals surface area contributed by atoms with Crippen LogP contribution in [0.25, 0.3) is 20.1 Å². The topological polar surface area (TPSA) is 51.8 Å². The Morgan fingerprint density at radius 1 is 1.24 bits per heavy atom. The summed E-state index contributed by atoms with van der Waals surface area (Å²) in [5.41, 5.74) is 7.67. The van der Waals surface area contributed by atoms with Crippen LogP contribution in [0.3, 0.4) is 0 Å². The lowest BCUT2D eigenvalue weighted by Crippen LogP contribution is -1.80. The molecular weight excluding hydrogens is 318 g/mol. The average Bonchev–Trinajstić information content (AvgIpc) is 2.80. The minimum atomic E-state index is 0.595. The summed E-state index contributed by atoms with van der Waals surface area (Å²) in [5.74, 6) is 0. The number of benzene rings is 1. The average molecular weight is 326 g/mol. The maximum absolute atomic E-state index is 5.71. The van der Waals surface area contributed by atoms with Crippen molar-refractivity contribution in [1.29, 1.82) is 0 Å². The van der Waals surface area contributed by atoms with Crippen molar-refractivity contribution in [1.82, 2.24) is 9.97 Å². The highest BCUT2D eigenvalue weighted by Gasteiger charge is 2.12. The van der Waals surface area contributed by atoms with Crippen LogP contribution in [-0.2, 0) is 0 Å². The Hall–Kier alpha value is -0.980. The van der Waals surface area contributed by atoms with Gasteiger partial charge >= 0.3 is 0 Å². The van der Waals surface area contributed by atoms with Crippen LogP contribution in [0.15, 0.2) is 22.7 Å². The van der Waals surface area contributed by atoms with E-state index < -0.39 is 0 Å². The lowest BCUT2D eigenvalue weighted by molar-refractivity contribution is 1.27. The summed E-state index contributed by atoms with van der Waals surface area (Å²) in [7, 11) is 0. The van der Waals surface area contributed by atoms with E-state index in [0.717, 1.165) is 25.6 Å². The minimum absolute atomic E-state index is 0.595. The van der Waals surface area contributed by atoms with Crippen molar-refractivity contribution in [2.45, 2.75) is 6.92 Å². The molecule has 0 amide bonds. The third-order valence-electron chi connectivity index (χ3n) is 2.36. The zero-order valence-corrected chi connectivity index (χ0v) is 12.1. The van der Waals surface area contributed by atoms with E-state index >= 15 is 0 Å². The quantitative estimate of drug-likeness (QED) is 0.733. The Kier molecular flexibility index (Phi) is 2.65. The summed E-state index contributed by atoms with van der Waals surface area (Å²) in [5, 5.41) is 1.59. The van der Waals surface area contributed by atoms with Crippen molar-refractivity contribution < 1.29 is 0 Å². The Balaban J connectivity index is 2.21. The first-order valence-electron chi connectivity index (χ1n) is 4.93. The highest BCUT2D eigenvalue weighted by atomic mass is 79.9. The van der Waals surface area contributed by atoms with Crippen molar-refractivity contribution in [3.05, 3.63) is 28.4 Å². The predicted octanol–water partition coefficient (Wildman–Crippen LogP) is 4.07. The maximum atomic E-state index is 5.71. The number of thiazole rings is 2. The molecule has 0 fully saturated rings. The first kappa shape index (κ1) is 11.1. The molecule has 6 heteroatoms. The molecule has 0 aliphatic carbocycles. The number of nitrogens with zero attached hydrogens (tertiary/aromatic N) is 2. The standard InChI is InChI=1S/C11H8BrN3S2/c1-5-9(17-11(13)14-5)10-15-7-4-6(12)2-3-8(7)16-10/h2-4H,1H3,(H2,13,14). The number of aromatic nitrogens is 2. The predicted molar refractivity (Wildman–Crippen MR) is 77.6 cm³/mol. The van der Waals surface area contributed by atoms with Gasteiger partial charge in [-0.3, -0.25) is 0 Å². The molecule has 0 saturated carbocycles. The fourth-order valence-electron chi connectivity index (χ4n) is 1.61. The summed E-state index contributed by atoms with van der Waals surface area (Å²) in [6.07, 6.45) is 0. The van der Waals surface area contributed by atoms with Crippen LogP contribution in [0.5, 0.6) is 0 Å². The van der Waals surface area contributed by atoms with Gasteiger partial charge in [0.2, 0.25) is 0 Å². The van der Waals surface area contributed by atoms with Gasteiger partial charge in [-0.2, -0.15) is 0 Å². The van der Waals surface area contributed by atoms with E-state index in [1.165, 1.54) is 16.0 Å². The van der Waals surface area contributed by atoms with Gasteiger partial charge in [-0.25, -0.2) is 9.97 Å². The highest BCUT2D eigenvalue weighted by molar-refractivity contribution is 9.10. The molecule has 0 aliphatic heterocycles. The van der Waals surface area contributed by atoms with Crippen molar-refractivity contribution in [2.24, 2.45) is 0 Å². The smallest absolute Gasteiger partial charge is 0.180 e. The molecule has 2 heterocycles. The van der Waals surface area contributed by atoms with Gasteiger partial charge in [0.1, 0.15) is 5.01 Å². The van der Waals surface area contributed by atoms with E-state index in [1.54, 1.807) is 11.3 Å². The first-order chi connectivity index (χ1) is 8.13. The monoisotopic (exact) mass is 325 g/mol. The van der Waals surface area contributed by atoms with Gasteiger partial charge in [0, 0.05) is 4.47 Å². The van der Waals surface area contributed by atoms with Crippen LogP contribution in [0.1, 0.15) is 5.69 Å². The van der Waals surface area contributed by atoms with E-state index in [9.17, 15) is 0 Å². The van der Waals surface area contributed by atoms with E-state index in [-0.39, 0.29) is 0 Å². The highest BCUT2D eigenvalue weighted by Crippen LogP contribution is 2.37. The number of aryl methyl sites for hydroxylation is 1. The van der Waals surface area contributed by atoms with Crippen LogP contribution in [0.2, 0.25) is 0 Å². The fraction of sp³-hybridized carbons (Fsp3) is 0.0909. The van der Waals surface area contributed by atoms with Gasteiger partial charge in [0.25, 0.3) is 0 Å². The molecule has 0 atom stereocenters. The zero-order chi connectivity index (χ0) is 12.0. The normalized spacial score (nSPS) is 11.2. The van der Waals surface area contributed by atoms with Gasteiger partial charge in [0.15, 0.2) is 5.13 Å². The molecule has 0 aliphatic rings. The third-order valence-corrected chi connectivity index (χ3v) is 5.03. The van der Waals surface area contributed by atoms with Crippen molar-refractivity contribution >= 4 is 54.0 Å². The molecule has 0 spiro atoms. The van der Waals surface area contributed by atoms with E-state index in [1.807, 2.05) is 19.1 Å². The van der Waals surface area contributed by atoms with Crippen LogP contribution in [-0.4, -0.2) is 9.97 Å². The van der Waals surface area contributed by atoms with E-state index in [2.05, 4.69) is 32.0 Å². The second-order valence-electron chi connectivity index (χ2n) is 3.60. The van der Waals surface area contributed by atoms with Crippen molar-refractivity contribution in [2.75, 3.05) is 5.73 Å². The number of rotatable bonds is 1. The maximum Gasteiger partial charge on any atom is 0.180 e. The molecule has 0 saturated heterocycles. The number of hydrogen-bond acceptors (Lipinski definition) is 5. The van der Waals surface area contributed by atoms with E-state index in [4.69, 9.17) is 5.73 Å². The molecule has 2 aromatic heterocycles. The van der Waals surface area contributed by atoms with Gasteiger partial charge in [-0.15, -0.1) is 11.3 Å². The number of nitrogen functional groups attached to an aromatic ring is 1. The number of anilines is 1. The zero-order valence-electron chi connectivity index (χ0n) is 8.90. The van der Waals surface area contributed by atoms with Crippen LogP contribution >= 0.6 is 38.6 Å². The summed E-state index contributed by atoms with van der Waals surface area (Å²) in [4.78, 5) is 9.92. The first-order valence-corrected chi connectivity index (χ1v) is 7.35. The number of halogens is 1. The summed E-state index contributed by atoms with van der Waals surface area (Å²) < 4.78 is 2.22. The molecule has 3 aromatic rings. The van der Waals surface area contributed by atoms with Crippen molar-refractivity contribution in [3.8, 4) is 9.88 Å². The molecular formula is C11H8BrN3S2. The third kappa shape index (κ3) is 1.96. The SMILES string of the molecule is Cc1nc(N)sc1-c1nc2cc(Br)ccc2s1. The van der Waals surface area contributed by atoms with Gasteiger partial charge in [0.05, 0.1) is 20.8 Å². The van der Waals surface area contributed by atoms with Gasteiger partial charge in [-0.05, 0) is 25.1 Å². The summed E-state index contributed by atoms with van der Waals surface area (Å²) >= 11 is 6.61. The molecule has 0 unspecified atom stereocenters. The molecule has 0 radical (unpaired) electrons. The second kappa shape index (κ2) is 4.04. The van der Waals surface area contributed by atoms with Crippen LogP contribution in [0, 0.1) is 6.92 Å². The summed E-state index contributed by atoms with van der Waals surface area (Å²) in [6.45, 7) is 1.96. The molecule has 86 valence electrons. The lowest BCUT2D eigenvalue weighted by atomic mass is 10.3. The second-order valence-corrected chi connectivity index (χ2v) is 6.57. The van der Waals surface area contributed by atoms with Crippen molar-refractivity contribution in [3.63, 3.8) is 0 Å². The lowest BCUT2D eigenvalue weighted by Gasteiger charge is -1.88. The Morgan fingerprint density at radius 2 is 2.06 bits per heavy atom. The molecule has 17 heavy (non-hydrogen) atoms. The van der Waals surface area contributed by atoms with Gasteiger partial charge in [-0.1, -0.05) is 27.3 Å². The van der Waals surface area contributed by atoms with E-state index in [0.29, 0.717) is 5.13 Å². The molecule has 1 aromatic carbocycles.